The average Bonchev–Trinajstić information content (AvgIpc) is 3.16. The van der Waals surface area contributed by atoms with Gasteiger partial charge in [0, 0.05) is 0 Å². The van der Waals surface area contributed by atoms with Crippen molar-refractivity contribution in [1.82, 2.24) is 0 Å². The van der Waals surface area contributed by atoms with Gasteiger partial charge in [0.1, 0.15) is 0 Å². The molecule has 122 valence electrons. The first-order valence-electron chi connectivity index (χ1n) is 7.11. The Balaban J connectivity index is 0. The first-order valence-corrected chi connectivity index (χ1v) is 7.11. The molecule has 0 nitrogen and oxygen atoms in total. The van der Waals surface area contributed by atoms with E-state index in [0.29, 0.717) is 0 Å². The normalized spacial score (nSPS) is 9.04. The zero-order valence-electron chi connectivity index (χ0n) is 13.7. The van der Waals surface area contributed by atoms with Crippen LogP contribution in [0.15, 0.2) is 79.9 Å². The zero-order chi connectivity index (χ0) is 15.1. The zero-order valence-corrected chi connectivity index (χ0v) is 16.8. The summed E-state index contributed by atoms with van der Waals surface area (Å²) in [5.41, 5.74) is 6.85. The van der Waals surface area contributed by atoms with E-state index in [2.05, 4.69) is 74.7 Å². The Bertz CT molecular complexity index is 647. The molecule has 0 N–H and O–H groups in total. The molecule has 1 aliphatic rings. The summed E-state index contributed by atoms with van der Waals surface area (Å²) in [5.74, 6) is 0. The van der Waals surface area contributed by atoms with Crippen molar-refractivity contribution >= 4 is 0 Å². The number of aryl methyl sites for hydroxylation is 1. The van der Waals surface area contributed by atoms with Crippen LogP contribution >= 0.6 is 0 Å². The van der Waals surface area contributed by atoms with Gasteiger partial charge >= 0.3 is 21.7 Å². The molecule has 1 aliphatic carbocycles. The van der Waals surface area contributed by atoms with Gasteiger partial charge in [0.15, 0.2) is 0 Å². The Morgan fingerprint density at radius 2 is 1.46 bits per heavy atom. The summed E-state index contributed by atoms with van der Waals surface area (Å²) >= 11 is 0. The van der Waals surface area contributed by atoms with Gasteiger partial charge in [0.25, 0.3) is 0 Å². The largest absolute Gasteiger partial charge is 4.00 e. The summed E-state index contributed by atoms with van der Waals surface area (Å²) in [7, 11) is 0. The minimum absolute atomic E-state index is 0. The minimum Gasteiger partial charge on any atom is -1.00 e. The van der Waals surface area contributed by atoms with Gasteiger partial charge in [-0.15, -0.1) is 18.7 Å². The quantitative estimate of drug-likeness (QED) is 0.217. The maximum atomic E-state index is 3.30. The standard InChI is InChI=1S/C13H9.C6H7.C2H4.2ClH.Ti/c1-3-7-12-10(5-1)9-11-6-2-4-8-13(11)12;1-6-4-2-3-5-6;1-2;;;/h1-5,7-8H,9H2;2-5H,1H3;1-2H2;2*1H;/q2*-1;;;;+4/p-2. The maximum Gasteiger partial charge on any atom is 4.00 e. The average molecular weight is 391 g/mol. The van der Waals surface area contributed by atoms with Crippen LogP contribution in [0.2, 0.25) is 0 Å². The Labute approximate surface area is 173 Å². The minimum atomic E-state index is 0. The van der Waals surface area contributed by atoms with Gasteiger partial charge in [-0.05, 0) is 6.42 Å². The third-order valence-electron chi connectivity index (χ3n) is 3.45. The maximum absolute atomic E-state index is 3.30. The monoisotopic (exact) mass is 390 g/mol. The summed E-state index contributed by atoms with van der Waals surface area (Å²) < 4.78 is 0. The molecule has 3 aromatic rings. The van der Waals surface area contributed by atoms with E-state index in [0.717, 1.165) is 6.42 Å². The number of rotatable bonds is 0. The number of hydrogen-bond acceptors (Lipinski definition) is 0. The van der Waals surface area contributed by atoms with Crippen LogP contribution in [0.4, 0.5) is 0 Å². The van der Waals surface area contributed by atoms with Crippen LogP contribution in [0, 0.1) is 13.0 Å². The summed E-state index contributed by atoms with van der Waals surface area (Å²) in [6.45, 7) is 8.08. The van der Waals surface area contributed by atoms with Crippen LogP contribution < -0.4 is 24.8 Å². The molecule has 0 atom stereocenters. The van der Waals surface area contributed by atoms with Gasteiger partial charge in [-0.25, -0.2) is 12.1 Å². The van der Waals surface area contributed by atoms with Crippen molar-refractivity contribution in [2.45, 2.75) is 13.3 Å². The Kier molecular flexibility index (Phi) is 13.7. The Morgan fingerprint density at radius 3 is 2.04 bits per heavy atom. The molecule has 0 saturated carbocycles. The number of hydrogen-bond donors (Lipinski definition) is 0. The molecule has 24 heavy (non-hydrogen) atoms. The second-order valence-corrected chi connectivity index (χ2v) is 4.86. The van der Waals surface area contributed by atoms with Crippen LogP contribution in [0.3, 0.4) is 0 Å². The first-order chi connectivity index (χ1) is 10.3. The van der Waals surface area contributed by atoms with Crippen LogP contribution in [0.5, 0.6) is 0 Å². The summed E-state index contributed by atoms with van der Waals surface area (Å²) in [4.78, 5) is 0. The molecule has 0 aliphatic heterocycles. The molecule has 4 rings (SSSR count). The summed E-state index contributed by atoms with van der Waals surface area (Å²) in [5, 5.41) is 0. The van der Waals surface area contributed by atoms with Gasteiger partial charge in [-0.3, -0.25) is 0 Å². The molecule has 0 fully saturated rings. The van der Waals surface area contributed by atoms with E-state index in [4.69, 9.17) is 0 Å². The third kappa shape index (κ3) is 6.38. The van der Waals surface area contributed by atoms with E-state index < -0.39 is 0 Å². The fraction of sp³-hybridized carbons (Fsp3) is 0.0952. The fourth-order valence-electron chi connectivity index (χ4n) is 2.47. The van der Waals surface area contributed by atoms with Crippen LogP contribution in [0.1, 0.15) is 16.7 Å². The first kappa shape index (κ1) is 25.1. The van der Waals surface area contributed by atoms with E-state index in [1.54, 1.807) is 0 Å². The van der Waals surface area contributed by atoms with Crippen molar-refractivity contribution in [2.24, 2.45) is 0 Å². The molecule has 0 radical (unpaired) electrons. The molecule has 0 aromatic heterocycles. The molecule has 3 aromatic carbocycles. The SMILES string of the molecule is C=C.C[c-]1cccc1.[Cl-].[Cl-].[Ti+4].[c-]1cccc2c1Cc1ccccc1-2. The second kappa shape index (κ2) is 13.2. The van der Waals surface area contributed by atoms with Crippen molar-refractivity contribution in [1.29, 1.82) is 0 Å². The molecular weight excluding hydrogens is 371 g/mol. The smallest absolute Gasteiger partial charge is 1.00 e. The molecule has 0 bridgehead atoms. The van der Waals surface area contributed by atoms with Gasteiger partial charge in [-0.2, -0.15) is 47.5 Å². The van der Waals surface area contributed by atoms with Gasteiger partial charge < -0.3 is 24.8 Å². The topological polar surface area (TPSA) is 0 Å². The van der Waals surface area contributed by atoms with Crippen molar-refractivity contribution < 1.29 is 46.5 Å². The predicted molar refractivity (Wildman–Crippen MR) is 91.5 cm³/mol. The number of fused-ring (bicyclic) bond motifs is 3. The van der Waals surface area contributed by atoms with E-state index in [1.165, 1.54) is 27.8 Å². The summed E-state index contributed by atoms with van der Waals surface area (Å²) in [6, 6.07) is 26.3. The van der Waals surface area contributed by atoms with E-state index in [9.17, 15) is 0 Å². The van der Waals surface area contributed by atoms with Crippen molar-refractivity contribution in [3.8, 4) is 11.1 Å². The van der Waals surface area contributed by atoms with Gasteiger partial charge in [0.05, 0.1) is 0 Å². The second-order valence-electron chi connectivity index (χ2n) is 4.86. The van der Waals surface area contributed by atoms with E-state index >= 15 is 0 Å². The van der Waals surface area contributed by atoms with Crippen molar-refractivity contribution in [2.75, 3.05) is 0 Å². The molecule has 0 saturated heterocycles. The molecule has 0 unspecified atom stereocenters. The predicted octanol–water partition coefficient (Wildman–Crippen LogP) is -0.420. The molecule has 0 spiro atoms. The number of benzene rings is 2. The van der Waals surface area contributed by atoms with E-state index in [1.807, 2.05) is 18.2 Å². The number of halogens is 2. The van der Waals surface area contributed by atoms with E-state index in [-0.39, 0.29) is 46.5 Å². The fourth-order valence-corrected chi connectivity index (χ4v) is 2.47. The van der Waals surface area contributed by atoms with Crippen LogP contribution in [0.25, 0.3) is 11.1 Å². The van der Waals surface area contributed by atoms with Gasteiger partial charge in [-0.1, -0.05) is 42.3 Å². The molecule has 0 amide bonds. The Hall–Kier alpha value is -1.18. The third-order valence-corrected chi connectivity index (χ3v) is 3.45. The van der Waals surface area contributed by atoms with Crippen molar-refractivity contribution in [3.05, 3.63) is 103 Å². The Morgan fingerprint density at radius 1 is 0.875 bits per heavy atom. The van der Waals surface area contributed by atoms with Gasteiger partial charge in [0.2, 0.25) is 0 Å². The molecule has 0 heterocycles. The molecular formula is C21H20Cl2Ti. The van der Waals surface area contributed by atoms with Crippen LogP contribution in [-0.4, -0.2) is 0 Å². The van der Waals surface area contributed by atoms with Crippen molar-refractivity contribution in [3.63, 3.8) is 0 Å². The molecule has 3 heteroatoms. The summed E-state index contributed by atoms with van der Waals surface area (Å²) in [6.07, 6.45) is 1.05. The van der Waals surface area contributed by atoms with Crippen LogP contribution in [-0.2, 0) is 28.1 Å².